The minimum atomic E-state index is -1.40. The van der Waals surface area contributed by atoms with Crippen molar-refractivity contribution in [3.63, 3.8) is 0 Å². The monoisotopic (exact) mass is 444 g/mol. The molecule has 3 aromatic rings. The van der Waals surface area contributed by atoms with Gasteiger partial charge in [0, 0.05) is 10.6 Å². The molecule has 0 unspecified atom stereocenters. The van der Waals surface area contributed by atoms with E-state index in [4.69, 9.17) is 21.1 Å². The molecule has 0 radical (unpaired) electrons. The predicted molar refractivity (Wildman–Crippen MR) is 111 cm³/mol. The highest BCUT2D eigenvalue weighted by Gasteiger charge is 2.44. The Morgan fingerprint density at radius 3 is 2.57 bits per heavy atom. The molecule has 4 atom stereocenters. The molecule has 1 saturated heterocycles. The van der Waals surface area contributed by atoms with Gasteiger partial charge in [0.15, 0.2) is 0 Å². The molecule has 0 bridgehead atoms. The number of rotatable bonds is 5. The van der Waals surface area contributed by atoms with Gasteiger partial charge in [-0.2, -0.15) is 5.26 Å². The Kier molecular flexibility index (Phi) is 6.01. The molecular formula is C21H17ClN2O5S. The number of aliphatic hydroxyl groups excluding tert-OH is 3. The van der Waals surface area contributed by atoms with E-state index in [1.807, 2.05) is 17.5 Å². The van der Waals surface area contributed by atoms with Crippen LogP contribution in [0.1, 0.15) is 5.56 Å². The Bertz CT molecular complexity index is 1070. The summed E-state index contributed by atoms with van der Waals surface area (Å²) < 4.78 is 11.1. The van der Waals surface area contributed by atoms with Crippen molar-refractivity contribution in [3.8, 4) is 33.6 Å². The molecule has 0 spiro atoms. The maximum Gasteiger partial charge on any atom is 0.235 e. The molecule has 1 aliphatic heterocycles. The highest BCUT2D eigenvalue weighted by molar-refractivity contribution is 7.13. The molecule has 1 aromatic carbocycles. The van der Waals surface area contributed by atoms with Crippen LogP contribution in [0, 0.1) is 11.3 Å². The standard InChI is InChI=1S/C21H17ClN2O5S/c22-12-5-3-11(4-6-12)13-8-15(17-2-1-7-30-17)24-20(14(13)9-23)29-21-19(27)18(26)16(10-25)28-21/h1-8,16,18-19,21,25-27H,10H2/t16-,18-,19-,21+/m1/s1. The number of aromatic nitrogens is 1. The number of nitrogens with zero attached hydrogens (tertiary/aromatic N) is 2. The maximum atomic E-state index is 10.2. The van der Waals surface area contributed by atoms with Gasteiger partial charge in [-0.15, -0.1) is 11.3 Å². The first-order valence-electron chi connectivity index (χ1n) is 9.06. The molecule has 1 fully saturated rings. The van der Waals surface area contributed by atoms with Crippen molar-refractivity contribution in [2.45, 2.75) is 24.6 Å². The van der Waals surface area contributed by atoms with Crippen molar-refractivity contribution in [1.82, 2.24) is 4.98 Å². The van der Waals surface area contributed by atoms with E-state index in [1.54, 1.807) is 30.3 Å². The summed E-state index contributed by atoms with van der Waals surface area (Å²) in [5.74, 6) is -0.0387. The second-order valence-electron chi connectivity index (χ2n) is 6.66. The zero-order valence-corrected chi connectivity index (χ0v) is 17.0. The van der Waals surface area contributed by atoms with Crippen molar-refractivity contribution in [3.05, 3.63) is 58.4 Å². The second kappa shape index (κ2) is 8.70. The predicted octanol–water partition coefficient (Wildman–Crippen LogP) is 2.82. The van der Waals surface area contributed by atoms with E-state index in [1.165, 1.54) is 11.3 Å². The highest BCUT2D eigenvalue weighted by atomic mass is 35.5. The lowest BCUT2D eigenvalue weighted by Gasteiger charge is -2.19. The average molecular weight is 445 g/mol. The van der Waals surface area contributed by atoms with Crippen molar-refractivity contribution in [1.29, 1.82) is 5.26 Å². The highest BCUT2D eigenvalue weighted by Crippen LogP contribution is 2.36. The molecule has 154 valence electrons. The molecular weight excluding hydrogens is 428 g/mol. The molecule has 0 saturated carbocycles. The van der Waals surface area contributed by atoms with Crippen LogP contribution in [-0.2, 0) is 4.74 Å². The molecule has 1 aliphatic rings. The fourth-order valence-electron chi connectivity index (χ4n) is 3.20. The minimum Gasteiger partial charge on any atom is -0.444 e. The van der Waals surface area contributed by atoms with Crippen molar-refractivity contribution in [2.24, 2.45) is 0 Å². The minimum absolute atomic E-state index is 0.0387. The number of pyridine rings is 1. The van der Waals surface area contributed by atoms with Crippen LogP contribution in [0.5, 0.6) is 5.88 Å². The van der Waals surface area contributed by atoms with Gasteiger partial charge < -0.3 is 24.8 Å². The molecule has 3 heterocycles. The Labute approximate surface area is 181 Å². The van der Waals surface area contributed by atoms with Crippen molar-refractivity contribution in [2.75, 3.05) is 6.61 Å². The SMILES string of the molecule is N#Cc1c(-c2ccc(Cl)cc2)cc(-c2cccs2)nc1O[C@@H]1O[C@H](CO)[C@@H](O)[C@H]1O. The topological polar surface area (TPSA) is 116 Å². The van der Waals surface area contributed by atoms with E-state index in [0.717, 1.165) is 10.4 Å². The van der Waals surface area contributed by atoms with Gasteiger partial charge in [0.2, 0.25) is 12.2 Å². The first-order chi connectivity index (χ1) is 14.5. The molecule has 3 N–H and O–H groups in total. The molecule has 7 nitrogen and oxygen atoms in total. The summed E-state index contributed by atoms with van der Waals surface area (Å²) in [4.78, 5) is 5.33. The summed E-state index contributed by atoms with van der Waals surface area (Å²) in [6.07, 6.45) is -5.00. The van der Waals surface area contributed by atoms with Crippen LogP contribution in [0.2, 0.25) is 5.02 Å². The number of hydrogen-bond acceptors (Lipinski definition) is 8. The molecule has 2 aromatic heterocycles. The lowest BCUT2D eigenvalue weighted by atomic mass is 10.0. The van der Waals surface area contributed by atoms with Crippen LogP contribution in [-0.4, -0.2) is 51.5 Å². The van der Waals surface area contributed by atoms with Crippen LogP contribution in [0.4, 0.5) is 0 Å². The molecule has 9 heteroatoms. The fraction of sp³-hybridized carbons (Fsp3) is 0.238. The van der Waals surface area contributed by atoms with Gasteiger partial charge in [-0.1, -0.05) is 29.8 Å². The van der Waals surface area contributed by atoms with Crippen LogP contribution in [0.15, 0.2) is 47.8 Å². The van der Waals surface area contributed by atoms with Gasteiger partial charge >= 0.3 is 0 Å². The molecule has 30 heavy (non-hydrogen) atoms. The number of benzene rings is 1. The van der Waals surface area contributed by atoms with E-state index in [0.29, 0.717) is 16.3 Å². The summed E-state index contributed by atoms with van der Waals surface area (Å²) in [5.41, 5.74) is 2.04. The van der Waals surface area contributed by atoms with Crippen LogP contribution in [0.25, 0.3) is 21.7 Å². The van der Waals surface area contributed by atoms with Crippen LogP contribution >= 0.6 is 22.9 Å². The summed E-state index contributed by atoms with van der Waals surface area (Å²) >= 11 is 7.47. The van der Waals surface area contributed by atoms with Crippen molar-refractivity contribution < 1.29 is 24.8 Å². The quantitative estimate of drug-likeness (QED) is 0.554. The lowest BCUT2D eigenvalue weighted by Crippen LogP contribution is -2.35. The van der Waals surface area contributed by atoms with Gasteiger partial charge in [0.1, 0.15) is 29.9 Å². The molecule has 0 aliphatic carbocycles. The van der Waals surface area contributed by atoms with E-state index < -0.39 is 31.2 Å². The van der Waals surface area contributed by atoms with E-state index in [9.17, 15) is 20.6 Å². The Hall–Kier alpha value is -2.51. The third-order valence-corrected chi connectivity index (χ3v) is 5.90. The summed E-state index contributed by atoms with van der Waals surface area (Å²) in [7, 11) is 0. The average Bonchev–Trinajstić information content (AvgIpc) is 3.38. The number of hydrogen-bond donors (Lipinski definition) is 3. The lowest BCUT2D eigenvalue weighted by molar-refractivity contribution is -0.118. The van der Waals surface area contributed by atoms with E-state index in [2.05, 4.69) is 11.1 Å². The van der Waals surface area contributed by atoms with Crippen molar-refractivity contribution >= 4 is 22.9 Å². The van der Waals surface area contributed by atoms with E-state index in [-0.39, 0.29) is 11.4 Å². The van der Waals surface area contributed by atoms with Gasteiger partial charge in [-0.3, -0.25) is 0 Å². The zero-order chi connectivity index (χ0) is 21.3. The summed E-state index contributed by atoms with van der Waals surface area (Å²) in [6, 6.07) is 14.7. The summed E-state index contributed by atoms with van der Waals surface area (Å²) in [6.45, 7) is -0.484. The number of aliphatic hydroxyl groups is 3. The third kappa shape index (κ3) is 3.91. The Morgan fingerprint density at radius 2 is 1.97 bits per heavy atom. The first-order valence-corrected chi connectivity index (χ1v) is 10.3. The Morgan fingerprint density at radius 1 is 1.20 bits per heavy atom. The largest absolute Gasteiger partial charge is 0.444 e. The summed E-state index contributed by atoms with van der Waals surface area (Å²) in [5, 5.41) is 41.8. The van der Waals surface area contributed by atoms with Crippen LogP contribution < -0.4 is 4.74 Å². The smallest absolute Gasteiger partial charge is 0.235 e. The molecule has 4 rings (SSSR count). The molecule has 0 amide bonds. The Balaban J connectivity index is 1.81. The van der Waals surface area contributed by atoms with Gasteiger partial charge in [0.25, 0.3) is 0 Å². The fourth-order valence-corrected chi connectivity index (χ4v) is 4.01. The second-order valence-corrected chi connectivity index (χ2v) is 8.04. The van der Waals surface area contributed by atoms with E-state index >= 15 is 0 Å². The van der Waals surface area contributed by atoms with Gasteiger partial charge in [-0.05, 0) is 35.2 Å². The van der Waals surface area contributed by atoms with Crippen LogP contribution in [0.3, 0.4) is 0 Å². The number of thiophene rings is 1. The third-order valence-electron chi connectivity index (χ3n) is 4.75. The van der Waals surface area contributed by atoms with Gasteiger partial charge in [0.05, 0.1) is 17.2 Å². The number of nitriles is 1. The first kappa shape index (κ1) is 20.8. The van der Waals surface area contributed by atoms with Gasteiger partial charge in [-0.25, -0.2) is 4.98 Å². The normalized spacial score (nSPS) is 23.3. The zero-order valence-electron chi connectivity index (χ0n) is 15.5. The number of ether oxygens (including phenoxy) is 2. The number of halogens is 1. The maximum absolute atomic E-state index is 10.2.